The van der Waals surface area contributed by atoms with E-state index in [1.54, 1.807) is 0 Å². The Morgan fingerprint density at radius 2 is 2.27 bits per heavy atom. The van der Waals surface area contributed by atoms with Crippen LogP contribution >= 0.6 is 11.8 Å². The molecule has 2 amide bonds. The van der Waals surface area contributed by atoms with Crippen molar-refractivity contribution in [3.05, 3.63) is 35.4 Å². The molecule has 0 saturated carbocycles. The first-order valence-electron chi connectivity index (χ1n) is 8.11. The minimum absolute atomic E-state index is 0.0156. The molecule has 1 aromatic rings. The van der Waals surface area contributed by atoms with Crippen LogP contribution in [-0.2, 0) is 6.42 Å². The van der Waals surface area contributed by atoms with Gasteiger partial charge >= 0.3 is 6.03 Å². The maximum Gasteiger partial charge on any atom is 0.317 e. The number of benzene rings is 1. The molecule has 0 spiro atoms. The van der Waals surface area contributed by atoms with Crippen molar-refractivity contribution in [2.45, 2.75) is 24.5 Å². The van der Waals surface area contributed by atoms with Crippen LogP contribution in [0.1, 0.15) is 29.2 Å². The van der Waals surface area contributed by atoms with E-state index in [2.05, 4.69) is 29.6 Å². The number of nitrogens with zero attached hydrogens (tertiary/aromatic N) is 1. The molecule has 1 aromatic carbocycles. The molecule has 3 rings (SSSR count). The Kier molecular flexibility index (Phi) is 5.26. The van der Waals surface area contributed by atoms with Crippen LogP contribution in [0.15, 0.2) is 24.3 Å². The van der Waals surface area contributed by atoms with Crippen molar-refractivity contribution < 1.29 is 9.90 Å². The van der Waals surface area contributed by atoms with Crippen LogP contribution in [0, 0.1) is 5.92 Å². The molecule has 120 valence electrons. The smallest absolute Gasteiger partial charge is 0.317 e. The van der Waals surface area contributed by atoms with E-state index < -0.39 is 0 Å². The van der Waals surface area contributed by atoms with Crippen LogP contribution < -0.4 is 5.32 Å². The number of rotatable bonds is 3. The lowest BCUT2D eigenvalue weighted by Crippen LogP contribution is -2.47. The number of urea groups is 1. The molecule has 0 aromatic heterocycles. The van der Waals surface area contributed by atoms with E-state index in [0.717, 1.165) is 31.6 Å². The van der Waals surface area contributed by atoms with Crippen molar-refractivity contribution in [2.24, 2.45) is 5.92 Å². The Labute approximate surface area is 136 Å². The van der Waals surface area contributed by atoms with Crippen molar-refractivity contribution in [1.29, 1.82) is 0 Å². The van der Waals surface area contributed by atoms with Crippen molar-refractivity contribution in [2.75, 3.05) is 32.0 Å². The number of carbonyl (C=O) groups is 1. The monoisotopic (exact) mass is 320 g/mol. The predicted molar refractivity (Wildman–Crippen MR) is 90.1 cm³/mol. The zero-order valence-electron chi connectivity index (χ0n) is 12.8. The van der Waals surface area contributed by atoms with Crippen LogP contribution in [0.3, 0.4) is 0 Å². The summed E-state index contributed by atoms with van der Waals surface area (Å²) in [5.41, 5.74) is 2.78. The number of aryl methyl sites for hydroxylation is 1. The van der Waals surface area contributed by atoms with Gasteiger partial charge in [0.2, 0.25) is 0 Å². The van der Waals surface area contributed by atoms with E-state index in [4.69, 9.17) is 0 Å². The molecule has 1 saturated heterocycles. The molecule has 22 heavy (non-hydrogen) atoms. The Morgan fingerprint density at radius 3 is 3.14 bits per heavy atom. The fraction of sp³-hybridized carbons (Fsp3) is 0.588. The molecule has 2 aliphatic heterocycles. The molecule has 2 N–H and O–H groups in total. The second kappa shape index (κ2) is 7.38. The van der Waals surface area contributed by atoms with Gasteiger partial charge in [0.1, 0.15) is 0 Å². The van der Waals surface area contributed by atoms with Gasteiger partial charge < -0.3 is 15.3 Å². The molecule has 0 aliphatic carbocycles. The first kappa shape index (κ1) is 15.7. The van der Waals surface area contributed by atoms with E-state index in [9.17, 15) is 9.90 Å². The van der Waals surface area contributed by atoms with Gasteiger partial charge in [0.25, 0.3) is 0 Å². The second-order valence-corrected chi connectivity index (χ2v) is 7.44. The molecule has 0 unspecified atom stereocenters. The number of nitrogens with one attached hydrogen (secondary N) is 1. The molecule has 0 radical (unpaired) electrons. The Morgan fingerprint density at radius 1 is 1.41 bits per heavy atom. The quantitative estimate of drug-likeness (QED) is 0.899. The van der Waals surface area contributed by atoms with Gasteiger partial charge in [-0.05, 0) is 42.1 Å². The van der Waals surface area contributed by atoms with E-state index >= 15 is 0 Å². The van der Waals surface area contributed by atoms with Crippen LogP contribution in [0.5, 0.6) is 0 Å². The summed E-state index contributed by atoms with van der Waals surface area (Å²) < 4.78 is 0. The number of thioether (sulfide) groups is 1. The average Bonchev–Trinajstić information content (AvgIpc) is 2.59. The standard InChI is InChI=1S/C17H24N2O2S/c20-12-13-4-3-8-19(11-13)17(21)18-10-16-15-6-2-1-5-14(15)7-9-22-16/h1-2,5-6,13,16,20H,3-4,7-12H2,(H,18,21)/t13-,16-/m0/s1. The fourth-order valence-corrected chi connectivity index (χ4v) is 4.57. The van der Waals surface area contributed by atoms with Crippen molar-refractivity contribution in [3.8, 4) is 0 Å². The fourth-order valence-electron chi connectivity index (χ4n) is 3.34. The van der Waals surface area contributed by atoms with Gasteiger partial charge in [-0.25, -0.2) is 4.79 Å². The van der Waals surface area contributed by atoms with Crippen molar-refractivity contribution >= 4 is 17.8 Å². The third kappa shape index (κ3) is 3.58. The lowest BCUT2D eigenvalue weighted by atomic mass is 9.99. The van der Waals surface area contributed by atoms with E-state index in [0.29, 0.717) is 18.3 Å². The third-order valence-corrected chi connectivity index (χ3v) is 5.86. The molecule has 2 atom stereocenters. The Hall–Kier alpha value is -1.20. The molecule has 1 fully saturated rings. The second-order valence-electron chi connectivity index (χ2n) is 6.13. The van der Waals surface area contributed by atoms with Gasteiger partial charge in [-0.15, -0.1) is 0 Å². The lowest BCUT2D eigenvalue weighted by molar-refractivity contribution is 0.129. The minimum atomic E-state index is 0.0156. The SMILES string of the molecule is O=C(NC[C@@H]1SCCc2ccccc21)N1CCC[C@H](CO)C1. The summed E-state index contributed by atoms with van der Waals surface area (Å²) in [6.07, 6.45) is 3.13. The first-order chi connectivity index (χ1) is 10.8. The van der Waals surface area contributed by atoms with Crippen LogP contribution in [0.2, 0.25) is 0 Å². The largest absolute Gasteiger partial charge is 0.396 e. The van der Waals surface area contributed by atoms with Gasteiger partial charge in [0.05, 0.1) is 0 Å². The maximum atomic E-state index is 12.3. The van der Waals surface area contributed by atoms with Gasteiger partial charge in [-0.3, -0.25) is 0 Å². The molecule has 5 heteroatoms. The van der Waals surface area contributed by atoms with E-state index in [1.807, 2.05) is 16.7 Å². The predicted octanol–water partition coefficient (Wildman–Crippen LogP) is 2.43. The highest BCUT2D eigenvalue weighted by molar-refractivity contribution is 7.99. The Balaban J connectivity index is 1.55. The third-order valence-electron chi connectivity index (χ3n) is 4.60. The number of hydrogen-bond acceptors (Lipinski definition) is 3. The molecule has 2 heterocycles. The summed E-state index contributed by atoms with van der Waals surface area (Å²) in [5, 5.41) is 12.7. The normalized spacial score (nSPS) is 24.7. The maximum absolute atomic E-state index is 12.3. The number of fused-ring (bicyclic) bond motifs is 1. The number of likely N-dealkylation sites (tertiary alicyclic amines) is 1. The van der Waals surface area contributed by atoms with Crippen molar-refractivity contribution in [1.82, 2.24) is 10.2 Å². The molecule has 0 bridgehead atoms. The minimum Gasteiger partial charge on any atom is -0.396 e. The van der Waals surface area contributed by atoms with Gasteiger partial charge in [-0.2, -0.15) is 11.8 Å². The summed E-state index contributed by atoms with van der Waals surface area (Å²) in [6.45, 7) is 2.34. The number of amides is 2. The topological polar surface area (TPSA) is 52.6 Å². The molecule has 2 aliphatic rings. The van der Waals surface area contributed by atoms with Crippen LogP contribution in [0.25, 0.3) is 0 Å². The number of piperidine rings is 1. The summed E-state index contributed by atoms with van der Waals surface area (Å²) >= 11 is 1.93. The van der Waals surface area contributed by atoms with E-state index in [1.165, 1.54) is 11.1 Å². The highest BCUT2D eigenvalue weighted by Crippen LogP contribution is 2.36. The summed E-state index contributed by atoms with van der Waals surface area (Å²) in [6, 6.07) is 8.56. The van der Waals surface area contributed by atoms with Crippen LogP contribution in [0.4, 0.5) is 4.79 Å². The summed E-state index contributed by atoms with van der Waals surface area (Å²) in [7, 11) is 0. The number of aliphatic hydroxyl groups excluding tert-OH is 1. The highest BCUT2D eigenvalue weighted by atomic mass is 32.2. The number of hydrogen-bond donors (Lipinski definition) is 2. The van der Waals surface area contributed by atoms with E-state index in [-0.39, 0.29) is 18.6 Å². The van der Waals surface area contributed by atoms with Gasteiger partial charge in [-0.1, -0.05) is 24.3 Å². The summed E-state index contributed by atoms with van der Waals surface area (Å²) in [5.74, 6) is 1.36. The molecular weight excluding hydrogens is 296 g/mol. The zero-order chi connectivity index (χ0) is 15.4. The van der Waals surface area contributed by atoms with Gasteiger partial charge in [0, 0.05) is 31.5 Å². The molecule has 4 nitrogen and oxygen atoms in total. The molecular formula is C17H24N2O2S. The highest BCUT2D eigenvalue weighted by Gasteiger charge is 2.25. The van der Waals surface area contributed by atoms with Gasteiger partial charge in [0.15, 0.2) is 0 Å². The Bertz CT molecular complexity index is 523. The number of carbonyl (C=O) groups excluding carboxylic acids is 1. The zero-order valence-corrected chi connectivity index (χ0v) is 13.6. The first-order valence-corrected chi connectivity index (χ1v) is 9.16. The average molecular weight is 320 g/mol. The lowest BCUT2D eigenvalue weighted by Gasteiger charge is -2.33. The number of aliphatic hydroxyl groups is 1. The van der Waals surface area contributed by atoms with Crippen molar-refractivity contribution in [3.63, 3.8) is 0 Å². The summed E-state index contributed by atoms with van der Waals surface area (Å²) in [4.78, 5) is 14.2. The van der Waals surface area contributed by atoms with Crippen LogP contribution in [-0.4, -0.2) is 48.0 Å².